The van der Waals surface area contributed by atoms with Gasteiger partial charge in [0.25, 0.3) is 15.0 Å². The van der Waals surface area contributed by atoms with Crippen LogP contribution in [0.3, 0.4) is 0 Å². The predicted molar refractivity (Wildman–Crippen MR) is 299 cm³/mol. The summed E-state index contributed by atoms with van der Waals surface area (Å²) < 4.78 is 88.1. The summed E-state index contributed by atoms with van der Waals surface area (Å²) in [5.74, 6) is -2.40. The zero-order valence-corrected chi connectivity index (χ0v) is 53.4. The molecule has 31 nitrogen and oxygen atoms in total. The number of hydrogen-bond acceptors (Lipinski definition) is 21. The lowest BCUT2D eigenvalue weighted by atomic mass is 10.3. The van der Waals surface area contributed by atoms with Gasteiger partial charge in [-0.1, -0.05) is 0 Å². The van der Waals surface area contributed by atoms with E-state index in [-0.39, 0.29) is 37.8 Å². The van der Waals surface area contributed by atoms with Gasteiger partial charge in [0.15, 0.2) is 0 Å². The maximum Gasteiger partial charge on any atom is 0.323 e. The van der Waals surface area contributed by atoms with Crippen molar-refractivity contribution in [2.45, 2.75) is 119 Å². The lowest BCUT2D eigenvalue weighted by molar-refractivity contribution is -0.147. The zero-order chi connectivity index (χ0) is 63.1. The number of likely N-dealkylation sites (N-methyl/N-ethyl adjacent to an activating group) is 2. The molecule has 10 unspecified atom stereocenters. The molecule has 0 bridgehead atoms. The van der Waals surface area contributed by atoms with E-state index < -0.39 is 91.6 Å². The topological polar surface area (TPSA) is 437 Å². The molecule has 464 valence electrons. The van der Waals surface area contributed by atoms with Crippen molar-refractivity contribution in [2.24, 2.45) is 5.73 Å². The summed E-state index contributed by atoms with van der Waals surface area (Å²) in [7, 11) is -12.7. The Labute approximate surface area is 465 Å². The van der Waals surface area contributed by atoms with Crippen molar-refractivity contribution in [1.29, 1.82) is 0 Å². The maximum absolute atomic E-state index is 12.6. The molecule has 10 N–H and O–H groups in total. The Hall–Kier alpha value is -4.01. The molecule has 2 aromatic rings. The third kappa shape index (κ3) is 46.3. The Morgan fingerprint density at radius 1 is 0.532 bits per heavy atom. The molecule has 0 spiro atoms. The van der Waals surface area contributed by atoms with Gasteiger partial charge in [0.2, 0.25) is 14.9 Å². The minimum absolute atomic E-state index is 0.190. The number of ether oxygens (including phenoxy) is 6. The molecule has 0 amide bonds. The molecule has 0 saturated carbocycles. The van der Waals surface area contributed by atoms with Crippen molar-refractivity contribution in [1.82, 2.24) is 43.9 Å². The van der Waals surface area contributed by atoms with Gasteiger partial charge in [-0.15, -0.1) is 0 Å². The van der Waals surface area contributed by atoms with Crippen LogP contribution in [0, 0.1) is 0 Å². The number of rotatable bonds is 23. The predicted octanol–water partition coefficient (Wildman–Crippen LogP) is 3.07. The third-order valence-corrected chi connectivity index (χ3v) is 15.0. The fourth-order valence-electron chi connectivity index (χ4n) is 4.55. The molecule has 0 saturated heterocycles. The summed E-state index contributed by atoms with van der Waals surface area (Å²) in [4.78, 5) is 107. The lowest BCUT2D eigenvalue weighted by Crippen LogP contribution is -2.42. The van der Waals surface area contributed by atoms with Crippen LogP contribution in [-0.2, 0) is 80.0 Å². The molecule has 2 rings (SSSR count). The summed E-state index contributed by atoms with van der Waals surface area (Å²) in [6.07, 6.45) is 8.82. The van der Waals surface area contributed by atoms with Crippen LogP contribution in [0.25, 0.3) is 0 Å². The van der Waals surface area contributed by atoms with Crippen LogP contribution >= 0.6 is 37.5 Å². The fourth-order valence-corrected chi connectivity index (χ4v) is 9.22. The van der Waals surface area contributed by atoms with Gasteiger partial charge in [0.1, 0.15) is 48.9 Å². The van der Waals surface area contributed by atoms with E-state index in [0.717, 1.165) is 13.3 Å². The first-order valence-electron chi connectivity index (χ1n) is 24.3. The van der Waals surface area contributed by atoms with Crippen LogP contribution in [0.1, 0.15) is 83.1 Å². The monoisotopic (exact) mass is 1240 g/mol. The van der Waals surface area contributed by atoms with Gasteiger partial charge in [-0.2, -0.15) is 0 Å². The van der Waals surface area contributed by atoms with E-state index in [1.807, 2.05) is 0 Å². The molecule has 0 aromatic carbocycles. The van der Waals surface area contributed by atoms with Crippen molar-refractivity contribution in [3.63, 3.8) is 0 Å². The molecule has 0 fully saturated rings. The first-order chi connectivity index (χ1) is 36.0. The number of carbonyl (C=O) groups is 6. The molecule has 0 radical (unpaired) electrons. The number of esters is 6. The molecular formula is C43H91N10O21P5. The fraction of sp³-hybridized carbons (Fsp3) is 0.721. The standard InChI is InChI=1S/C12H25N2O5P.C9H16N3O3P.C6H14NO4P.C6H13NO2.C5H11NO2.C4H7N2O2P.CH5O3P/c1-7-18-11(15)9(3)13-20(6,17)14(5)10(4)12(16)19-8-2;1-4-15-9(13)8(2)11-16(3,14)12-6-5-10-7-12;1-4-11-6(8)5(2)7-12(3,9)10;1-4-9-6(8)5(2)7-3;1-3-8-5(7)4(2)6;1-9(7,8)6-3-2-5-4-6;1-5(2,3)4/h9-10H,7-8H2,1-6H3,(H,13,17);5-8H,4H2,1-3H3,(H,11,14);5H,4H2,1-3H3,(H2,7,9,10);5,7H,4H2,1-3H3;4H,3,6H2,1-2H3;2-4H,1H3,(H,7,8);1H3,(H2,2,3,4). The second-order valence-corrected chi connectivity index (χ2v) is 27.3. The van der Waals surface area contributed by atoms with Gasteiger partial charge in [-0.3, -0.25) is 60.3 Å². The van der Waals surface area contributed by atoms with Crippen LogP contribution in [-0.4, -0.2) is 202 Å². The number of nitrogens with zero attached hydrogens (tertiary/aromatic N) is 5. The van der Waals surface area contributed by atoms with Gasteiger partial charge >= 0.3 is 43.4 Å². The quantitative estimate of drug-likeness (QED) is 0.0438. The van der Waals surface area contributed by atoms with Crippen LogP contribution < -0.4 is 26.3 Å². The summed E-state index contributed by atoms with van der Waals surface area (Å²) in [6.45, 7) is 28.1. The second-order valence-electron chi connectivity index (χ2n) is 16.3. The van der Waals surface area contributed by atoms with Gasteiger partial charge in [0.05, 0.1) is 39.6 Å². The van der Waals surface area contributed by atoms with E-state index in [0.29, 0.717) is 19.8 Å². The van der Waals surface area contributed by atoms with Crippen molar-refractivity contribution >= 4 is 73.3 Å². The summed E-state index contributed by atoms with van der Waals surface area (Å²) in [5, 5.41) is 10.5. The largest absolute Gasteiger partial charge is 0.465 e. The minimum atomic E-state index is -3.64. The lowest BCUT2D eigenvalue weighted by Gasteiger charge is -2.31. The molecule has 36 heteroatoms. The Morgan fingerprint density at radius 2 is 0.835 bits per heavy atom. The number of carbonyl (C=O) groups excluding carboxylic acids is 6. The number of nitrogens with one attached hydrogen (secondary N) is 4. The van der Waals surface area contributed by atoms with Crippen LogP contribution in [0.15, 0.2) is 37.4 Å². The molecule has 2 heterocycles. The van der Waals surface area contributed by atoms with Crippen LogP contribution in [0.5, 0.6) is 0 Å². The number of hydrogen-bond donors (Lipinski definition) is 9. The summed E-state index contributed by atoms with van der Waals surface area (Å²) >= 11 is 0. The first-order valence-corrected chi connectivity index (χ1v) is 34.7. The minimum Gasteiger partial charge on any atom is -0.465 e. The van der Waals surface area contributed by atoms with Crippen molar-refractivity contribution in [3.05, 3.63) is 37.4 Å². The average molecular weight is 1240 g/mol. The van der Waals surface area contributed by atoms with E-state index in [4.69, 9.17) is 44.3 Å². The van der Waals surface area contributed by atoms with Gasteiger partial charge in [-0.05, 0) is 97.2 Å². The van der Waals surface area contributed by atoms with Crippen LogP contribution in [0.2, 0.25) is 0 Å². The molecule has 0 aliphatic rings. The zero-order valence-electron chi connectivity index (χ0n) is 48.9. The highest BCUT2D eigenvalue weighted by atomic mass is 31.2. The van der Waals surface area contributed by atoms with E-state index in [1.54, 1.807) is 96.5 Å². The Kier molecular flexibility index (Phi) is 46.3. The number of aromatic nitrogens is 4. The second kappa shape index (κ2) is 43.7. The highest BCUT2D eigenvalue weighted by Crippen LogP contribution is 2.42. The van der Waals surface area contributed by atoms with Gasteiger partial charge in [0, 0.05) is 58.1 Å². The Morgan fingerprint density at radius 3 is 1.10 bits per heavy atom. The molecule has 79 heavy (non-hydrogen) atoms. The molecule has 0 aliphatic heterocycles. The molecule has 10 atom stereocenters. The SMILES string of the molecule is CCOC(=O)C(C)N.CCOC(=O)C(C)NC.CCOC(=O)C(C)NP(C)(=O)N(C)C(C)C(=O)OCC.CCOC(=O)C(C)NP(C)(=O)O.CCOC(=O)C(C)NP(C)(=O)n1ccnc1.CP(=O)(O)O.CP(=O)(O)n1ccnc1. The van der Waals surface area contributed by atoms with Crippen molar-refractivity contribution in [2.75, 3.05) is 87.1 Å². The van der Waals surface area contributed by atoms with E-state index in [1.165, 1.54) is 71.5 Å². The van der Waals surface area contributed by atoms with Crippen LogP contribution in [0.4, 0.5) is 0 Å². The molecule has 2 aromatic heterocycles. The Balaban J connectivity index is -0.000000280. The van der Waals surface area contributed by atoms with E-state index in [9.17, 15) is 51.6 Å². The summed E-state index contributed by atoms with van der Waals surface area (Å²) in [5.41, 5.74) is 5.15. The highest BCUT2D eigenvalue weighted by molar-refractivity contribution is 7.59. The van der Waals surface area contributed by atoms with Gasteiger partial charge < -0.3 is 59.0 Å². The van der Waals surface area contributed by atoms with E-state index >= 15 is 0 Å². The molecule has 0 aliphatic carbocycles. The maximum atomic E-state index is 12.6. The van der Waals surface area contributed by atoms with E-state index in [2.05, 4.69) is 40.0 Å². The van der Waals surface area contributed by atoms with Crippen molar-refractivity contribution in [3.8, 4) is 0 Å². The van der Waals surface area contributed by atoms with Gasteiger partial charge in [-0.25, -0.2) is 29.9 Å². The normalized spacial score (nSPS) is 15.9. The number of nitrogens with two attached hydrogens (primary N) is 1. The van der Waals surface area contributed by atoms with Crippen molar-refractivity contribution < 1.29 is 99.6 Å². The Bertz CT molecular complexity index is 2250. The summed E-state index contributed by atoms with van der Waals surface area (Å²) in [6, 6.07) is -3.43. The first kappa shape index (κ1) is 83.8. The highest BCUT2D eigenvalue weighted by Gasteiger charge is 2.33. The number of imidazole rings is 2. The smallest absolute Gasteiger partial charge is 0.323 e. The average Bonchev–Trinajstić information content (AvgIpc) is 4.09. The third-order valence-electron chi connectivity index (χ3n) is 8.59. The molecular weight excluding hydrogens is 1150 g/mol.